The number of carboxylic acids is 1. The molecule has 5 heterocycles. The smallest absolute Gasteiger partial charge is 0.335 e. The van der Waals surface area contributed by atoms with Crippen LogP contribution in [-0.4, -0.2) is 65.5 Å². The molecule has 1 aromatic carbocycles. The van der Waals surface area contributed by atoms with E-state index in [1.165, 1.54) is 121 Å². The third-order valence-corrected chi connectivity index (χ3v) is 14.7. The van der Waals surface area contributed by atoms with E-state index in [1.807, 2.05) is 0 Å². The van der Waals surface area contributed by atoms with Crippen LogP contribution in [-0.2, 0) is 17.1 Å². The maximum absolute atomic E-state index is 10.2. The summed E-state index contributed by atoms with van der Waals surface area (Å²) in [5, 5.41) is 50.8. The summed E-state index contributed by atoms with van der Waals surface area (Å²) in [4.78, 5) is 10.2. The number of phenolic OH excluding ortho intramolecular Hbond substituents is 1. The Balaban J connectivity index is 0.000000297. The first-order valence-corrected chi connectivity index (χ1v) is 20.4. The molecule has 10 rings (SSSR count). The molecule has 1 aromatic rings. The van der Waals surface area contributed by atoms with Gasteiger partial charge in [0.25, 0.3) is 0 Å². The van der Waals surface area contributed by atoms with Gasteiger partial charge < -0.3 is 16.6 Å². The standard InChI is InChI=1S/C32H55N8.C7H6O3.Mn/c1-2-10-18-17(9-1)25-33-26(18)38-28-21-13-5-6-14-22(21)30(35-28)40-32-24-16-8-7-15-23(24)31(36-32)39-29-20-12-4-3-11-19(20)27(34-29)37-25;8-6-3-1-5(2-4-6)7(9)10;/h9,17-40H,1-8,10-16H2;1-4,8H,(H,9,10);/q-1;;. The van der Waals surface area contributed by atoms with Crippen LogP contribution < -0.4 is 42.5 Å². The summed E-state index contributed by atoms with van der Waals surface area (Å²) in [6, 6.07) is 5.36. The Kier molecular flexibility index (Phi) is 11.4. The Morgan fingerprint density at radius 2 is 0.804 bits per heavy atom. The quantitative estimate of drug-likeness (QED) is 0.152. The molecule has 9 aliphatic rings. The van der Waals surface area contributed by atoms with Crippen molar-refractivity contribution in [3.63, 3.8) is 0 Å². The van der Waals surface area contributed by atoms with Crippen molar-refractivity contribution in [2.75, 3.05) is 0 Å². The minimum Gasteiger partial charge on any atom is -0.508 e. The van der Waals surface area contributed by atoms with E-state index >= 15 is 0 Å². The Morgan fingerprint density at radius 3 is 1.16 bits per heavy atom. The van der Waals surface area contributed by atoms with Gasteiger partial charge in [-0.1, -0.05) is 51.4 Å². The predicted molar refractivity (Wildman–Crippen MR) is 192 cm³/mol. The minimum atomic E-state index is -0.986. The Morgan fingerprint density at radius 1 is 0.490 bits per heavy atom. The van der Waals surface area contributed by atoms with Crippen LogP contribution in [0.1, 0.15) is 107 Å². The third-order valence-electron chi connectivity index (χ3n) is 14.7. The number of rotatable bonds is 1. The molecule has 11 nitrogen and oxygen atoms in total. The summed E-state index contributed by atoms with van der Waals surface area (Å²) in [5.41, 5.74) is 0.179. The summed E-state index contributed by atoms with van der Waals surface area (Å²) in [6.07, 6.45) is 26.4. The largest absolute Gasteiger partial charge is 0.508 e. The molecule has 283 valence electrons. The van der Waals surface area contributed by atoms with Crippen molar-refractivity contribution >= 4 is 5.97 Å². The zero-order chi connectivity index (χ0) is 33.8. The van der Waals surface area contributed by atoms with Gasteiger partial charge in [-0.25, -0.2) is 4.79 Å². The second-order valence-electron chi connectivity index (χ2n) is 17.3. The maximum Gasteiger partial charge on any atom is 0.335 e. The monoisotopic (exact) mass is 744 g/mol. The molecule has 8 bridgehead atoms. The van der Waals surface area contributed by atoms with Crippen molar-refractivity contribution in [2.24, 2.45) is 47.3 Å². The first-order chi connectivity index (χ1) is 24.5. The van der Waals surface area contributed by atoms with Crippen molar-refractivity contribution in [3.8, 4) is 5.75 Å². The Hall–Kier alpha value is -1.31. The molecule has 1 radical (unpaired) electrons. The molecule has 0 spiro atoms. The first-order valence-electron chi connectivity index (χ1n) is 20.4. The molecule has 12 heteroatoms. The average molecular weight is 745 g/mol. The molecule has 4 saturated carbocycles. The van der Waals surface area contributed by atoms with E-state index in [9.17, 15) is 4.79 Å². The topological polar surface area (TPSA) is 154 Å². The Labute approximate surface area is 314 Å². The number of benzene rings is 1. The number of carbonyl (C=O) groups is 1. The molecule has 51 heavy (non-hydrogen) atoms. The molecule has 0 amide bonds. The van der Waals surface area contributed by atoms with E-state index in [-0.39, 0.29) is 28.4 Å². The van der Waals surface area contributed by atoms with Gasteiger partial charge in [0.1, 0.15) is 5.75 Å². The Bertz CT molecular complexity index is 1130. The number of hydrogen-bond donors (Lipinski definition) is 10. The number of carboxylic acid groups (broad SMARTS) is 1. The molecule has 10 N–H and O–H groups in total. The van der Waals surface area contributed by atoms with Gasteiger partial charge in [0.2, 0.25) is 0 Å². The van der Waals surface area contributed by atoms with Crippen molar-refractivity contribution in [3.05, 3.63) is 36.2 Å². The fraction of sp³-hybridized carbons (Fsp3) is 0.795. The SMILES string of the molecule is O=C(O)c1ccc(O)cc1.[CH-]1CCCC2C3NC(NC4NC(NC5NC(NC6NC(N3)C3CCCCC63)C3CCCCC53)C3CCCCC43)C12.[Mn]. The summed E-state index contributed by atoms with van der Waals surface area (Å²) in [7, 11) is 0. The van der Waals surface area contributed by atoms with Gasteiger partial charge in [-0.05, 0) is 104 Å². The van der Waals surface area contributed by atoms with Crippen LogP contribution in [0.5, 0.6) is 5.75 Å². The molecule has 16 unspecified atom stereocenters. The fourth-order valence-electron chi connectivity index (χ4n) is 12.3. The van der Waals surface area contributed by atoms with E-state index in [4.69, 9.17) is 10.2 Å². The van der Waals surface area contributed by atoms with Crippen LogP contribution in [0.25, 0.3) is 0 Å². The van der Waals surface area contributed by atoms with Gasteiger partial charge in [0.05, 0.1) is 48.7 Å². The zero-order valence-electron chi connectivity index (χ0n) is 29.9. The molecule has 9 fully saturated rings. The van der Waals surface area contributed by atoms with E-state index in [1.54, 1.807) is 0 Å². The number of phenols is 1. The summed E-state index contributed by atoms with van der Waals surface area (Å²) in [5.74, 6) is 4.83. The van der Waals surface area contributed by atoms with Crippen LogP contribution in [0, 0.1) is 53.8 Å². The minimum absolute atomic E-state index is 0. The number of hydrogen-bond acceptors (Lipinski definition) is 10. The summed E-state index contributed by atoms with van der Waals surface area (Å²) in [6.45, 7) is 0. The summed E-state index contributed by atoms with van der Waals surface area (Å²) >= 11 is 0. The molecule has 4 aliphatic carbocycles. The van der Waals surface area contributed by atoms with Gasteiger partial charge in [0, 0.05) is 23.2 Å². The van der Waals surface area contributed by atoms with E-state index in [2.05, 4.69) is 49.0 Å². The number of fused-ring (bicyclic) bond motifs is 20. The predicted octanol–water partition coefficient (Wildman–Crippen LogP) is 3.51. The van der Waals surface area contributed by atoms with E-state index in [0.717, 1.165) is 35.5 Å². The zero-order valence-corrected chi connectivity index (χ0v) is 31.1. The van der Waals surface area contributed by atoms with Gasteiger partial charge in [-0.15, -0.1) is 5.92 Å². The summed E-state index contributed by atoms with van der Waals surface area (Å²) < 4.78 is 0. The van der Waals surface area contributed by atoms with Gasteiger partial charge in [-0.3, -0.25) is 42.5 Å². The number of nitrogens with one attached hydrogen (secondary N) is 8. The van der Waals surface area contributed by atoms with Crippen LogP contribution in [0.3, 0.4) is 0 Å². The van der Waals surface area contributed by atoms with Gasteiger partial charge >= 0.3 is 5.97 Å². The third kappa shape index (κ3) is 7.29. The normalized spacial score (nSPS) is 47.0. The average Bonchev–Trinajstić information content (AvgIpc) is 3.88. The molecule has 5 saturated heterocycles. The first kappa shape index (κ1) is 36.7. The van der Waals surface area contributed by atoms with Crippen molar-refractivity contribution < 1.29 is 32.1 Å². The molecule has 16 atom stereocenters. The molecular weight excluding hydrogens is 683 g/mol. The molecular formula is C39H61MnN8O3-. The van der Waals surface area contributed by atoms with Crippen molar-refractivity contribution in [1.29, 1.82) is 0 Å². The van der Waals surface area contributed by atoms with Crippen molar-refractivity contribution in [2.45, 2.75) is 146 Å². The van der Waals surface area contributed by atoms with E-state index in [0.29, 0.717) is 61.2 Å². The van der Waals surface area contributed by atoms with Crippen molar-refractivity contribution in [1.82, 2.24) is 42.5 Å². The maximum atomic E-state index is 10.2. The molecule has 5 aliphatic heterocycles. The molecule has 0 aromatic heterocycles. The van der Waals surface area contributed by atoms with Crippen LogP contribution in [0.15, 0.2) is 24.3 Å². The van der Waals surface area contributed by atoms with E-state index < -0.39 is 5.97 Å². The van der Waals surface area contributed by atoms with Crippen LogP contribution in [0.4, 0.5) is 0 Å². The van der Waals surface area contributed by atoms with Gasteiger partial charge in [0.15, 0.2) is 0 Å². The number of aromatic hydroxyl groups is 1. The number of aromatic carboxylic acids is 1. The fourth-order valence-corrected chi connectivity index (χ4v) is 12.3. The second-order valence-corrected chi connectivity index (χ2v) is 17.3. The van der Waals surface area contributed by atoms with Gasteiger partial charge in [-0.2, -0.15) is 6.42 Å². The van der Waals surface area contributed by atoms with Crippen LogP contribution >= 0.6 is 0 Å². The second kappa shape index (κ2) is 15.8. The van der Waals surface area contributed by atoms with Crippen LogP contribution in [0.2, 0.25) is 0 Å².